The molecule has 0 radical (unpaired) electrons. The number of carbonyl (C=O) groups is 3. The lowest BCUT2D eigenvalue weighted by atomic mass is 9.88. The molecule has 2 aromatic carbocycles. The van der Waals surface area contributed by atoms with Crippen LogP contribution in [0.2, 0.25) is 0 Å². The summed E-state index contributed by atoms with van der Waals surface area (Å²) in [5, 5.41) is 3.27. The number of hydrogen-bond donors (Lipinski definition) is 1. The Bertz CT molecular complexity index is 1070. The Morgan fingerprint density at radius 3 is 2.11 bits per heavy atom. The van der Waals surface area contributed by atoms with E-state index in [1.165, 1.54) is 0 Å². The highest BCUT2D eigenvalue weighted by molar-refractivity contribution is 5.94. The third kappa shape index (κ3) is 6.85. The van der Waals surface area contributed by atoms with Gasteiger partial charge in [-0.05, 0) is 68.4 Å². The zero-order valence-electron chi connectivity index (χ0n) is 22.8. The summed E-state index contributed by atoms with van der Waals surface area (Å²) in [6, 6.07) is 17.6. The number of carbonyl (C=O) groups excluding carboxylic acids is 3. The predicted molar refractivity (Wildman–Crippen MR) is 147 cm³/mol. The number of methoxy groups -OCH3 is 1. The lowest BCUT2D eigenvalue weighted by molar-refractivity contribution is -0.127. The average Bonchev–Trinajstić information content (AvgIpc) is 2.96. The topological polar surface area (TPSA) is 82.2 Å². The van der Waals surface area contributed by atoms with Crippen LogP contribution in [0.3, 0.4) is 0 Å². The Hall–Kier alpha value is -3.55. The van der Waals surface area contributed by atoms with E-state index in [2.05, 4.69) is 17.4 Å². The third-order valence-electron chi connectivity index (χ3n) is 7.80. The SMILES string of the molecule is COc1ccc(C(=O)N(Cc2ccccc2)C2CCC(NC(=O)C3CCN(C(=O)N(C)C)CC3)CC2)cc1. The van der Waals surface area contributed by atoms with E-state index in [0.29, 0.717) is 38.0 Å². The normalized spacial score (nSPS) is 19.9. The van der Waals surface area contributed by atoms with Gasteiger partial charge in [0.25, 0.3) is 5.91 Å². The lowest BCUT2D eigenvalue weighted by Crippen LogP contribution is -2.49. The van der Waals surface area contributed by atoms with Gasteiger partial charge in [-0.3, -0.25) is 9.59 Å². The molecule has 1 aliphatic carbocycles. The molecule has 0 spiro atoms. The molecule has 1 N–H and O–H groups in total. The van der Waals surface area contributed by atoms with E-state index in [1.54, 1.807) is 26.1 Å². The summed E-state index contributed by atoms with van der Waals surface area (Å²) in [5.74, 6) is 0.788. The summed E-state index contributed by atoms with van der Waals surface area (Å²) in [6.07, 6.45) is 4.76. The van der Waals surface area contributed by atoms with Crippen LogP contribution < -0.4 is 10.1 Å². The molecule has 0 unspecified atom stereocenters. The summed E-state index contributed by atoms with van der Waals surface area (Å²) < 4.78 is 5.26. The van der Waals surface area contributed by atoms with Crippen LogP contribution in [-0.4, -0.2) is 78.9 Å². The first-order chi connectivity index (χ1) is 18.4. The Balaban J connectivity index is 1.34. The van der Waals surface area contributed by atoms with Crippen LogP contribution in [0.1, 0.15) is 54.4 Å². The monoisotopic (exact) mass is 520 g/mol. The van der Waals surface area contributed by atoms with E-state index in [-0.39, 0.29) is 35.8 Å². The van der Waals surface area contributed by atoms with Gasteiger partial charge in [-0.15, -0.1) is 0 Å². The van der Waals surface area contributed by atoms with Crippen molar-refractivity contribution in [3.05, 3.63) is 65.7 Å². The number of amides is 4. The minimum Gasteiger partial charge on any atom is -0.497 e. The molecule has 2 aliphatic rings. The van der Waals surface area contributed by atoms with Crippen LogP contribution in [0.25, 0.3) is 0 Å². The van der Waals surface area contributed by atoms with E-state index in [0.717, 1.165) is 37.0 Å². The van der Waals surface area contributed by atoms with Crippen LogP contribution in [0.5, 0.6) is 5.75 Å². The summed E-state index contributed by atoms with van der Waals surface area (Å²) in [5.41, 5.74) is 1.75. The molecular formula is C30H40N4O4. The zero-order valence-corrected chi connectivity index (χ0v) is 22.8. The largest absolute Gasteiger partial charge is 0.497 e. The van der Waals surface area contributed by atoms with Gasteiger partial charge in [-0.25, -0.2) is 4.79 Å². The number of ether oxygens (including phenoxy) is 1. The number of nitrogens with one attached hydrogen (secondary N) is 1. The molecule has 1 aliphatic heterocycles. The number of likely N-dealkylation sites (tertiary alicyclic amines) is 1. The van der Waals surface area contributed by atoms with Gasteiger partial charge >= 0.3 is 6.03 Å². The molecule has 8 nitrogen and oxygen atoms in total. The highest BCUT2D eigenvalue weighted by Crippen LogP contribution is 2.28. The van der Waals surface area contributed by atoms with Crippen LogP contribution in [0.4, 0.5) is 4.79 Å². The molecule has 38 heavy (non-hydrogen) atoms. The maximum atomic E-state index is 13.6. The highest BCUT2D eigenvalue weighted by atomic mass is 16.5. The van der Waals surface area contributed by atoms with Gasteiger partial charge in [0.1, 0.15) is 5.75 Å². The summed E-state index contributed by atoms with van der Waals surface area (Å²) in [7, 11) is 5.12. The van der Waals surface area contributed by atoms with Crippen molar-refractivity contribution in [1.29, 1.82) is 0 Å². The molecule has 2 fully saturated rings. The molecule has 8 heteroatoms. The van der Waals surface area contributed by atoms with Crippen molar-refractivity contribution in [3.8, 4) is 5.75 Å². The van der Waals surface area contributed by atoms with Gasteiger partial charge in [0.2, 0.25) is 5.91 Å². The quantitative estimate of drug-likeness (QED) is 0.595. The fourth-order valence-electron chi connectivity index (χ4n) is 5.51. The molecule has 1 saturated heterocycles. The van der Waals surface area contributed by atoms with Crippen molar-refractivity contribution in [2.75, 3.05) is 34.3 Å². The molecule has 0 bridgehead atoms. The molecule has 4 rings (SSSR count). The second kappa shape index (κ2) is 12.8. The number of nitrogens with zero attached hydrogens (tertiary/aromatic N) is 3. The first-order valence-corrected chi connectivity index (χ1v) is 13.6. The van der Waals surface area contributed by atoms with E-state index >= 15 is 0 Å². The fraction of sp³-hybridized carbons (Fsp3) is 0.500. The van der Waals surface area contributed by atoms with Gasteiger partial charge in [0, 0.05) is 57.3 Å². The highest BCUT2D eigenvalue weighted by Gasteiger charge is 2.33. The smallest absolute Gasteiger partial charge is 0.319 e. The van der Waals surface area contributed by atoms with Gasteiger partial charge in [0.15, 0.2) is 0 Å². The number of piperidine rings is 1. The van der Waals surface area contributed by atoms with Crippen molar-refractivity contribution in [3.63, 3.8) is 0 Å². The lowest BCUT2D eigenvalue weighted by Gasteiger charge is -2.38. The molecule has 0 atom stereocenters. The number of hydrogen-bond acceptors (Lipinski definition) is 4. The van der Waals surface area contributed by atoms with Gasteiger partial charge in [0.05, 0.1) is 7.11 Å². The van der Waals surface area contributed by atoms with Crippen molar-refractivity contribution in [2.45, 2.75) is 57.2 Å². The van der Waals surface area contributed by atoms with E-state index in [4.69, 9.17) is 4.74 Å². The zero-order chi connectivity index (χ0) is 27.1. The molecule has 1 heterocycles. The van der Waals surface area contributed by atoms with E-state index in [1.807, 2.05) is 52.3 Å². The Morgan fingerprint density at radius 2 is 1.53 bits per heavy atom. The predicted octanol–water partition coefficient (Wildman–Crippen LogP) is 4.16. The maximum Gasteiger partial charge on any atom is 0.319 e. The first-order valence-electron chi connectivity index (χ1n) is 13.6. The first kappa shape index (κ1) is 27.5. The van der Waals surface area contributed by atoms with Crippen molar-refractivity contribution in [2.24, 2.45) is 5.92 Å². The van der Waals surface area contributed by atoms with Crippen molar-refractivity contribution < 1.29 is 19.1 Å². The minimum absolute atomic E-state index is 0.00595. The number of benzene rings is 2. The molecule has 0 aromatic heterocycles. The van der Waals surface area contributed by atoms with Crippen LogP contribution in [0.15, 0.2) is 54.6 Å². The summed E-state index contributed by atoms with van der Waals surface area (Å²) in [4.78, 5) is 44.2. The summed E-state index contributed by atoms with van der Waals surface area (Å²) in [6.45, 7) is 1.78. The van der Waals surface area contributed by atoms with Crippen LogP contribution in [0, 0.1) is 5.92 Å². The second-order valence-corrected chi connectivity index (χ2v) is 10.6. The molecule has 1 saturated carbocycles. The van der Waals surface area contributed by atoms with Gasteiger partial charge < -0.3 is 24.8 Å². The maximum absolute atomic E-state index is 13.6. The minimum atomic E-state index is -0.0508. The number of rotatable bonds is 7. The Kier molecular flexibility index (Phi) is 9.26. The molecule has 4 amide bonds. The van der Waals surface area contributed by atoms with E-state index < -0.39 is 0 Å². The molecule has 204 valence electrons. The number of urea groups is 1. The van der Waals surface area contributed by atoms with Gasteiger partial charge in [-0.2, -0.15) is 0 Å². The third-order valence-corrected chi connectivity index (χ3v) is 7.80. The van der Waals surface area contributed by atoms with Crippen molar-refractivity contribution >= 4 is 17.8 Å². The van der Waals surface area contributed by atoms with Gasteiger partial charge in [-0.1, -0.05) is 30.3 Å². The van der Waals surface area contributed by atoms with E-state index in [9.17, 15) is 14.4 Å². The van der Waals surface area contributed by atoms with Crippen LogP contribution >= 0.6 is 0 Å². The van der Waals surface area contributed by atoms with Crippen LogP contribution in [-0.2, 0) is 11.3 Å². The van der Waals surface area contributed by atoms with Crippen molar-refractivity contribution in [1.82, 2.24) is 20.0 Å². The Morgan fingerprint density at radius 1 is 0.895 bits per heavy atom. The molecular weight excluding hydrogens is 480 g/mol. The second-order valence-electron chi connectivity index (χ2n) is 10.6. The standard InChI is InChI=1S/C30H40N4O4/c1-32(2)30(37)33-19-17-23(18-20-33)28(35)31-25-11-13-26(14-12-25)34(21-22-7-5-4-6-8-22)29(36)24-9-15-27(38-3)16-10-24/h4-10,15-16,23,25-26H,11-14,17-21H2,1-3H3,(H,31,35). The summed E-state index contributed by atoms with van der Waals surface area (Å²) >= 11 is 0. The Labute approximate surface area is 225 Å². The molecule has 2 aromatic rings. The average molecular weight is 521 g/mol. The fourth-order valence-corrected chi connectivity index (χ4v) is 5.51.